The van der Waals surface area contributed by atoms with Crippen molar-refractivity contribution in [3.63, 3.8) is 0 Å². The van der Waals surface area contributed by atoms with E-state index in [4.69, 9.17) is 4.74 Å². The number of alkyl halides is 3. The number of sulfone groups is 1. The molecule has 0 aliphatic rings. The molecule has 2 aromatic carbocycles. The minimum Gasteiger partial charge on any atom is -0.497 e. The van der Waals surface area contributed by atoms with Gasteiger partial charge in [0.05, 0.1) is 17.6 Å². The van der Waals surface area contributed by atoms with Gasteiger partial charge in [0.2, 0.25) is 0 Å². The lowest BCUT2D eigenvalue weighted by molar-refractivity contribution is -0.137. The fourth-order valence-electron chi connectivity index (χ4n) is 1.84. The molecule has 0 aliphatic carbocycles. The van der Waals surface area contributed by atoms with E-state index in [1.807, 2.05) is 0 Å². The molecule has 0 saturated heterocycles. The number of ether oxygens (including phenoxy) is 1. The van der Waals surface area contributed by atoms with Crippen LogP contribution in [0.4, 0.5) is 13.2 Å². The average Bonchev–Trinajstić information content (AvgIpc) is 2.52. The zero-order valence-corrected chi connectivity index (χ0v) is 12.9. The summed E-state index contributed by atoms with van der Waals surface area (Å²) in [4.78, 5) is 0.0000703. The van der Waals surface area contributed by atoms with Crippen molar-refractivity contribution >= 4 is 15.9 Å². The minimum absolute atomic E-state index is 0.0000703. The Morgan fingerprint density at radius 1 is 1.04 bits per heavy atom. The summed E-state index contributed by atoms with van der Waals surface area (Å²) >= 11 is 0. The molecule has 122 valence electrons. The van der Waals surface area contributed by atoms with Gasteiger partial charge in [0.15, 0.2) is 9.84 Å². The molecule has 2 aromatic rings. The van der Waals surface area contributed by atoms with Crippen molar-refractivity contribution in [1.29, 1.82) is 0 Å². The van der Waals surface area contributed by atoms with Crippen LogP contribution in [0.3, 0.4) is 0 Å². The van der Waals surface area contributed by atoms with Gasteiger partial charge in [0, 0.05) is 5.41 Å². The molecular formula is C16H13F3O3S. The Morgan fingerprint density at radius 2 is 1.74 bits per heavy atom. The van der Waals surface area contributed by atoms with Crippen LogP contribution in [-0.4, -0.2) is 15.5 Å². The zero-order valence-electron chi connectivity index (χ0n) is 12.0. The van der Waals surface area contributed by atoms with Crippen LogP contribution in [-0.2, 0) is 16.0 Å². The first kappa shape index (κ1) is 17.1. The summed E-state index contributed by atoms with van der Waals surface area (Å²) in [5, 5.41) is 0.872. The predicted octanol–water partition coefficient (Wildman–Crippen LogP) is 4.16. The molecule has 7 heteroatoms. The number of methoxy groups -OCH3 is 1. The summed E-state index contributed by atoms with van der Waals surface area (Å²) in [5.41, 5.74) is -0.690. The van der Waals surface area contributed by atoms with Crippen molar-refractivity contribution in [2.24, 2.45) is 0 Å². The second kappa shape index (κ2) is 6.45. The summed E-state index contributed by atoms with van der Waals surface area (Å²) in [6.07, 6.45) is -3.35. The number of rotatable bonds is 4. The molecule has 0 atom stereocenters. The molecule has 0 heterocycles. The van der Waals surface area contributed by atoms with Crippen LogP contribution >= 0.6 is 0 Å². The van der Waals surface area contributed by atoms with Gasteiger partial charge in [-0.05, 0) is 42.0 Å². The van der Waals surface area contributed by atoms with Gasteiger partial charge in [-0.25, -0.2) is 8.42 Å². The van der Waals surface area contributed by atoms with Crippen LogP contribution in [0.15, 0.2) is 58.8 Å². The third kappa shape index (κ3) is 4.35. The minimum atomic E-state index is -4.48. The molecule has 2 rings (SSSR count). The molecule has 0 unspecified atom stereocenters. The fraction of sp³-hybridized carbons (Fsp3) is 0.125. The van der Waals surface area contributed by atoms with Crippen LogP contribution in [0.25, 0.3) is 6.08 Å². The van der Waals surface area contributed by atoms with E-state index in [0.29, 0.717) is 5.75 Å². The highest BCUT2D eigenvalue weighted by atomic mass is 32.2. The van der Waals surface area contributed by atoms with Gasteiger partial charge in [-0.1, -0.05) is 18.2 Å². The van der Waals surface area contributed by atoms with Crippen LogP contribution in [0.1, 0.15) is 11.1 Å². The standard InChI is InChI=1S/C16H13F3O3S/c1-22-14-6-3-7-15(11-14)23(20,21)9-8-12-4-2-5-13(10-12)16(17,18)19/h2-11H,1H3/b9-8+. The second-order valence-electron chi connectivity index (χ2n) is 4.65. The highest BCUT2D eigenvalue weighted by molar-refractivity contribution is 7.94. The molecule has 0 amide bonds. The molecule has 0 saturated carbocycles. The summed E-state index contributed by atoms with van der Waals surface area (Å²) in [7, 11) is -2.37. The van der Waals surface area contributed by atoms with Crippen LogP contribution in [0, 0.1) is 0 Å². The number of benzene rings is 2. The third-order valence-corrected chi connectivity index (χ3v) is 4.43. The first-order chi connectivity index (χ1) is 10.7. The van der Waals surface area contributed by atoms with E-state index >= 15 is 0 Å². The number of halogens is 3. The summed E-state index contributed by atoms with van der Waals surface area (Å²) < 4.78 is 67.2. The maximum atomic E-state index is 12.6. The third-order valence-electron chi connectivity index (χ3n) is 3.02. The molecule has 0 spiro atoms. The van der Waals surface area contributed by atoms with E-state index in [9.17, 15) is 21.6 Å². The van der Waals surface area contributed by atoms with Gasteiger partial charge in [0.25, 0.3) is 0 Å². The van der Waals surface area contributed by atoms with E-state index in [-0.39, 0.29) is 10.5 Å². The zero-order chi connectivity index (χ0) is 17.1. The average molecular weight is 342 g/mol. The lowest BCUT2D eigenvalue weighted by atomic mass is 10.1. The smallest absolute Gasteiger partial charge is 0.416 e. The van der Waals surface area contributed by atoms with Crippen molar-refractivity contribution in [2.75, 3.05) is 7.11 Å². The molecule has 0 fully saturated rings. The summed E-state index contributed by atoms with van der Waals surface area (Å²) in [5.74, 6) is 0.374. The molecule has 3 nitrogen and oxygen atoms in total. The molecule has 0 bridgehead atoms. The van der Waals surface area contributed by atoms with Gasteiger partial charge in [-0.3, -0.25) is 0 Å². The first-order valence-corrected chi connectivity index (χ1v) is 8.01. The maximum Gasteiger partial charge on any atom is 0.416 e. The van der Waals surface area contributed by atoms with E-state index < -0.39 is 21.6 Å². The monoisotopic (exact) mass is 342 g/mol. The van der Waals surface area contributed by atoms with Crippen LogP contribution in [0.5, 0.6) is 5.75 Å². The van der Waals surface area contributed by atoms with Crippen molar-refractivity contribution < 1.29 is 26.3 Å². The van der Waals surface area contributed by atoms with Gasteiger partial charge >= 0.3 is 6.18 Å². The fourth-order valence-corrected chi connectivity index (χ4v) is 2.89. The van der Waals surface area contributed by atoms with Crippen LogP contribution in [0.2, 0.25) is 0 Å². The second-order valence-corrected chi connectivity index (χ2v) is 6.48. The van der Waals surface area contributed by atoms with E-state index in [1.165, 1.54) is 37.4 Å². The highest BCUT2D eigenvalue weighted by Crippen LogP contribution is 2.30. The molecule has 23 heavy (non-hydrogen) atoms. The SMILES string of the molecule is COc1cccc(S(=O)(=O)/C=C/c2cccc(C(F)(F)F)c2)c1. The Hall–Kier alpha value is -2.28. The number of hydrogen-bond donors (Lipinski definition) is 0. The van der Waals surface area contributed by atoms with Gasteiger partial charge in [-0.2, -0.15) is 13.2 Å². The van der Waals surface area contributed by atoms with Crippen molar-refractivity contribution in [3.8, 4) is 5.75 Å². The van der Waals surface area contributed by atoms with E-state index in [0.717, 1.165) is 23.6 Å². The lowest BCUT2D eigenvalue weighted by Crippen LogP contribution is -2.04. The molecule has 0 aliphatic heterocycles. The maximum absolute atomic E-state index is 12.6. The predicted molar refractivity (Wildman–Crippen MR) is 80.7 cm³/mol. The Morgan fingerprint density at radius 3 is 2.39 bits per heavy atom. The lowest BCUT2D eigenvalue weighted by Gasteiger charge is -2.06. The van der Waals surface area contributed by atoms with Crippen LogP contribution < -0.4 is 4.74 Å². The van der Waals surface area contributed by atoms with Crippen molar-refractivity contribution in [1.82, 2.24) is 0 Å². The largest absolute Gasteiger partial charge is 0.497 e. The Bertz CT molecular complexity index is 824. The topological polar surface area (TPSA) is 43.4 Å². The highest BCUT2D eigenvalue weighted by Gasteiger charge is 2.30. The molecule has 0 aromatic heterocycles. The quantitative estimate of drug-likeness (QED) is 0.838. The normalized spacial score (nSPS) is 12.5. The van der Waals surface area contributed by atoms with Crippen molar-refractivity contribution in [2.45, 2.75) is 11.1 Å². The van der Waals surface area contributed by atoms with E-state index in [2.05, 4.69) is 0 Å². The van der Waals surface area contributed by atoms with E-state index in [1.54, 1.807) is 6.07 Å². The Kier molecular flexibility index (Phi) is 4.79. The summed E-state index contributed by atoms with van der Waals surface area (Å²) in [6.45, 7) is 0. The molecule has 0 radical (unpaired) electrons. The molecule has 0 N–H and O–H groups in total. The van der Waals surface area contributed by atoms with Crippen molar-refractivity contribution in [3.05, 3.63) is 65.1 Å². The Labute approximate surface area is 131 Å². The van der Waals surface area contributed by atoms with Gasteiger partial charge < -0.3 is 4.74 Å². The molecular weight excluding hydrogens is 329 g/mol. The Balaban J connectivity index is 2.31. The van der Waals surface area contributed by atoms with Gasteiger partial charge in [0.1, 0.15) is 5.75 Å². The first-order valence-electron chi connectivity index (χ1n) is 6.47. The summed E-state index contributed by atoms with van der Waals surface area (Å²) in [6, 6.07) is 10.3. The number of hydrogen-bond acceptors (Lipinski definition) is 3. The van der Waals surface area contributed by atoms with Gasteiger partial charge in [-0.15, -0.1) is 0 Å².